The highest BCUT2D eigenvalue weighted by Crippen LogP contribution is 2.61. The van der Waals surface area contributed by atoms with Crippen LogP contribution < -0.4 is 94.8 Å². The zero-order valence-electron chi connectivity index (χ0n) is 83.8. The standard InChI is InChI=1S/C42H29OPSi.C32H25OPSi.2C31H24NOPSi/c43-44(31-17-4-1-5-18-31)38-26-14-12-24-35(38)40-36-25-13-15-27-39(36)45(32-19-6-2-7-20-32,33-21-8-3-9-22-33)42(40)37-29-28-30-16-10-11-23-34(30)41(37)44;1-35(2)30-18-10-7-15-27(30)31-25-13-5-8-16-28(25)34(33,29-17-9-6-14-26(29)32(31)35)24-20-19-22-11-3-4-12-23(22)21-24;2*1-35(2)29-16-8-5-13-25(29)30-23-11-3-6-14-27(23)34(33,28-15-7-4-12-24(28)31(30)35)22-18-17-21-10-9-19-32-26(21)20-22/h1-29H;3-21H,1-2H3;2*3-20H,1-2H3. The molecule has 0 N–H and O–H groups in total. The van der Waals surface area contributed by atoms with E-state index in [4.69, 9.17) is 0 Å². The van der Waals surface area contributed by atoms with Crippen LogP contribution in [0.5, 0.6) is 0 Å². The number of fused-ring (bicyclic) bond motifs is 29. The van der Waals surface area contributed by atoms with Gasteiger partial charge in [0.2, 0.25) is 0 Å². The molecule has 150 heavy (non-hydrogen) atoms. The molecule has 0 bridgehead atoms. The summed E-state index contributed by atoms with van der Waals surface area (Å²) in [5, 5.41) is 31.6. The number of hydrogen-bond donors (Lipinski definition) is 0. The van der Waals surface area contributed by atoms with Gasteiger partial charge in [-0.1, -0.05) is 506 Å². The SMILES string of the molecule is C[Si]1(C)C2=C(c3ccccc31)c1ccccc1P(=O)(c1ccc3ccccc3c1)c1ccccc12.C[Si]1(C)C2=C(c3ccccc31)c1ccccc1P(=O)(c1ccc3cccnc3c1)c1ccccc12.C[Si]1(C)C2=C(c3ccccc31)c1ccccc1P(=O)(c1ccc3cccnc3c1)c1ccccc12.O=P1(c2ccccc2)c2ccccc2C2=C(c3ccc4ccccc4c31)[Si](c1ccccc1)(c1ccccc1)c1ccccc12. The molecule has 8 aliphatic rings. The van der Waals surface area contributed by atoms with Crippen molar-refractivity contribution in [2.45, 2.75) is 39.3 Å². The zero-order valence-corrected chi connectivity index (χ0v) is 91.4. The summed E-state index contributed by atoms with van der Waals surface area (Å²) in [5.74, 6) is 0. The first-order valence-electron chi connectivity index (χ1n) is 51.7. The Hall–Kier alpha value is -15.5. The van der Waals surface area contributed by atoms with E-state index in [9.17, 15) is 0 Å². The van der Waals surface area contributed by atoms with Gasteiger partial charge in [-0.2, -0.15) is 0 Å². The smallest absolute Gasteiger partial charge is 0.181 e. The molecule has 8 aliphatic heterocycles. The molecule has 2 aromatic heterocycles. The van der Waals surface area contributed by atoms with Gasteiger partial charge in [0, 0.05) is 86.8 Å². The molecule has 10 heterocycles. The molecule has 4 unspecified atom stereocenters. The fourth-order valence-corrected chi connectivity index (χ4v) is 55.2. The van der Waals surface area contributed by atoms with Crippen molar-refractivity contribution in [1.82, 2.24) is 9.97 Å². The lowest BCUT2D eigenvalue weighted by Gasteiger charge is -2.35. The molecule has 716 valence electrons. The molecule has 0 aliphatic carbocycles. The average molecular weight is 2060 g/mol. The first-order chi connectivity index (χ1) is 73.3. The lowest BCUT2D eigenvalue weighted by atomic mass is 9.95. The summed E-state index contributed by atoms with van der Waals surface area (Å²) in [6.07, 6.45) is 3.61. The summed E-state index contributed by atoms with van der Waals surface area (Å²) in [6.45, 7) is 14.6. The number of aromatic nitrogens is 2. The maximum atomic E-state index is 16.5. The Morgan fingerprint density at radius 3 is 0.860 bits per heavy atom. The molecule has 0 saturated carbocycles. The highest BCUT2D eigenvalue weighted by atomic mass is 31.2. The molecule has 4 atom stereocenters. The van der Waals surface area contributed by atoms with E-state index in [0.29, 0.717) is 0 Å². The molecule has 14 heteroatoms. The van der Waals surface area contributed by atoms with E-state index in [1.807, 2.05) is 84.9 Å². The van der Waals surface area contributed by atoms with E-state index >= 15 is 18.3 Å². The number of benzene rings is 20. The lowest BCUT2D eigenvalue weighted by molar-refractivity contribution is 0.591. The van der Waals surface area contributed by atoms with E-state index in [0.717, 1.165) is 141 Å². The van der Waals surface area contributed by atoms with Gasteiger partial charge in [0.15, 0.2) is 36.6 Å². The van der Waals surface area contributed by atoms with E-state index in [1.54, 1.807) is 12.4 Å². The topological polar surface area (TPSA) is 94.1 Å². The van der Waals surface area contributed by atoms with Gasteiger partial charge in [-0.15, -0.1) is 0 Å². The van der Waals surface area contributed by atoms with Crippen LogP contribution >= 0.6 is 28.6 Å². The molecule has 0 amide bonds. The van der Waals surface area contributed by atoms with E-state index in [2.05, 4.69) is 462 Å². The second-order valence-corrected chi connectivity index (χ2v) is 69.2. The van der Waals surface area contributed by atoms with Crippen molar-refractivity contribution in [3.63, 3.8) is 0 Å². The normalized spacial score (nSPS) is 18.9. The number of hydrogen-bond acceptors (Lipinski definition) is 6. The Morgan fingerprint density at radius 2 is 0.460 bits per heavy atom. The highest BCUT2D eigenvalue weighted by Gasteiger charge is 2.57. The van der Waals surface area contributed by atoms with Crippen LogP contribution in [0.25, 0.3) is 86.4 Å². The minimum Gasteiger partial charge on any atom is -0.309 e. The molecule has 30 rings (SSSR count). The van der Waals surface area contributed by atoms with Crippen molar-refractivity contribution in [2.24, 2.45) is 0 Å². The molecule has 22 aromatic rings. The maximum absolute atomic E-state index is 16.5. The Bertz CT molecular complexity index is 9210. The van der Waals surface area contributed by atoms with Gasteiger partial charge in [-0.25, -0.2) is 0 Å². The van der Waals surface area contributed by atoms with Crippen LogP contribution in [0, 0.1) is 0 Å². The Labute approximate surface area is 879 Å². The van der Waals surface area contributed by atoms with Crippen LogP contribution in [0.4, 0.5) is 0 Å². The first kappa shape index (κ1) is 93.0. The largest absolute Gasteiger partial charge is 0.309 e. The summed E-state index contributed by atoms with van der Waals surface area (Å²) in [6, 6.07) is 175. The molecule has 0 radical (unpaired) electrons. The predicted molar refractivity (Wildman–Crippen MR) is 647 cm³/mol. The number of rotatable bonds is 6. The van der Waals surface area contributed by atoms with Crippen LogP contribution in [-0.4, -0.2) is 42.3 Å². The van der Waals surface area contributed by atoms with Crippen LogP contribution in [0.15, 0.2) is 510 Å². The summed E-state index contributed by atoms with van der Waals surface area (Å²) >= 11 is 0. The van der Waals surface area contributed by atoms with Gasteiger partial charge in [0.05, 0.1) is 11.0 Å². The maximum Gasteiger partial charge on any atom is 0.181 e. The third kappa shape index (κ3) is 13.7. The molecule has 0 fully saturated rings. The number of nitrogens with zero attached hydrogens (tertiary/aromatic N) is 2. The Balaban J connectivity index is 0.0000000990. The van der Waals surface area contributed by atoms with Crippen molar-refractivity contribution in [1.29, 1.82) is 0 Å². The molecule has 0 saturated heterocycles. The van der Waals surface area contributed by atoms with Gasteiger partial charge < -0.3 is 18.3 Å². The van der Waals surface area contributed by atoms with E-state index in [1.165, 1.54) is 107 Å². The van der Waals surface area contributed by atoms with Crippen LogP contribution in [0.2, 0.25) is 39.3 Å². The summed E-state index contributed by atoms with van der Waals surface area (Å²) in [4.78, 5) is 9.18. The lowest BCUT2D eigenvalue weighted by Crippen LogP contribution is -2.67. The zero-order chi connectivity index (χ0) is 101. The second kappa shape index (κ2) is 35.6. The Kier molecular flexibility index (Phi) is 22.1. The van der Waals surface area contributed by atoms with Crippen LogP contribution in [0.3, 0.4) is 0 Å². The monoisotopic (exact) mass is 2060 g/mol. The minimum atomic E-state index is -3.36. The van der Waals surface area contributed by atoms with Crippen molar-refractivity contribution in [2.75, 3.05) is 0 Å². The third-order valence-electron chi connectivity index (χ3n) is 33.1. The van der Waals surface area contributed by atoms with Gasteiger partial charge in [0.1, 0.15) is 24.2 Å². The first-order valence-corrected chi connectivity index (χ1v) is 69.5. The third-order valence-corrected chi connectivity index (χ3v) is 61.3. The van der Waals surface area contributed by atoms with E-state index in [-0.39, 0.29) is 0 Å². The molecule has 20 aromatic carbocycles. The van der Waals surface area contributed by atoms with Gasteiger partial charge in [0.25, 0.3) is 0 Å². The second-order valence-electron chi connectivity index (χ2n) is 41.9. The fourth-order valence-electron chi connectivity index (χ4n) is 26.6. The molecular formula is C136H102N2O4P4Si4. The van der Waals surface area contributed by atoms with Crippen molar-refractivity contribution in [3.8, 4) is 0 Å². The molecular weight excluding hydrogens is 1960 g/mol. The summed E-state index contributed by atoms with van der Waals surface area (Å²) in [5.41, 5.74) is 21.0. The number of pyridine rings is 2. The predicted octanol–water partition coefficient (Wildman–Crippen LogP) is 24.2. The highest BCUT2D eigenvalue weighted by molar-refractivity contribution is 7.87. The van der Waals surface area contributed by atoms with Gasteiger partial charge in [-0.3, -0.25) is 9.97 Å². The van der Waals surface area contributed by atoms with Crippen molar-refractivity contribution in [3.05, 3.63) is 577 Å². The Morgan fingerprint density at radius 1 is 0.187 bits per heavy atom. The van der Waals surface area contributed by atoms with Crippen LogP contribution in [0.1, 0.15) is 66.8 Å². The minimum absolute atomic E-state index is 0.845. The van der Waals surface area contributed by atoms with Gasteiger partial charge in [-0.05, 0) is 193 Å². The summed E-state index contributed by atoms with van der Waals surface area (Å²) in [7, 11) is -21.9. The quantitative estimate of drug-likeness (QED) is 0.122. The molecule has 0 spiro atoms. The van der Waals surface area contributed by atoms with Crippen molar-refractivity contribution >= 4 is 242 Å². The van der Waals surface area contributed by atoms with Gasteiger partial charge >= 0.3 is 0 Å². The average Bonchev–Trinajstić information content (AvgIpc) is 1.51. The fraction of sp³-hybridized carbons (Fsp3) is 0.0441. The molecule has 6 nitrogen and oxygen atoms in total. The summed E-state index contributed by atoms with van der Waals surface area (Å²) < 4.78 is 63.5. The van der Waals surface area contributed by atoms with Crippen LogP contribution in [-0.2, 0) is 18.3 Å². The van der Waals surface area contributed by atoms with Crippen molar-refractivity contribution < 1.29 is 18.3 Å². The van der Waals surface area contributed by atoms with E-state index < -0.39 is 60.9 Å².